The Morgan fingerprint density at radius 2 is 2.10 bits per heavy atom. The van der Waals surface area contributed by atoms with Crippen molar-refractivity contribution < 1.29 is 9.59 Å². The molecule has 0 spiro atoms. The van der Waals surface area contributed by atoms with Gasteiger partial charge in [-0.3, -0.25) is 15.0 Å². The van der Waals surface area contributed by atoms with Gasteiger partial charge in [-0.05, 0) is 37.6 Å². The number of carbonyl (C=O) groups excluding carboxylic acids is 2. The molecule has 1 aromatic carbocycles. The smallest absolute Gasteiger partial charge is 0.265 e. The van der Waals surface area contributed by atoms with Crippen LogP contribution < -0.4 is 11.3 Å². The lowest BCUT2D eigenvalue weighted by molar-refractivity contribution is 0.0953. The van der Waals surface area contributed by atoms with Crippen molar-refractivity contribution in [2.45, 2.75) is 20.4 Å². The third-order valence-electron chi connectivity index (χ3n) is 3.40. The van der Waals surface area contributed by atoms with Crippen LogP contribution in [0.15, 0.2) is 30.3 Å². The van der Waals surface area contributed by atoms with Gasteiger partial charge in [-0.1, -0.05) is 12.1 Å². The maximum atomic E-state index is 11.5. The number of carbonyl (C=O) groups is 2. The van der Waals surface area contributed by atoms with Crippen molar-refractivity contribution in [3.8, 4) is 0 Å². The standard InChI is InChI=1S/C15H17N3O2/c1-10-6-14(9-19)11(2)18(10)8-12-4-3-5-13(7-12)15(20)17-16/h3-7,9H,8,16H2,1-2H3,(H,17,20). The van der Waals surface area contributed by atoms with Crippen molar-refractivity contribution in [1.29, 1.82) is 0 Å². The van der Waals surface area contributed by atoms with Crippen LogP contribution in [0.4, 0.5) is 0 Å². The second kappa shape index (κ2) is 5.71. The lowest BCUT2D eigenvalue weighted by atomic mass is 10.1. The third-order valence-corrected chi connectivity index (χ3v) is 3.40. The van der Waals surface area contributed by atoms with E-state index in [0.29, 0.717) is 17.7 Å². The molecule has 20 heavy (non-hydrogen) atoms. The van der Waals surface area contributed by atoms with Crippen LogP contribution >= 0.6 is 0 Å². The van der Waals surface area contributed by atoms with Crippen molar-refractivity contribution in [2.24, 2.45) is 5.84 Å². The van der Waals surface area contributed by atoms with E-state index in [1.54, 1.807) is 12.1 Å². The number of nitrogens with one attached hydrogen (secondary N) is 1. The summed E-state index contributed by atoms with van der Waals surface area (Å²) in [5.74, 6) is 4.81. The number of amides is 1. The Kier molecular flexibility index (Phi) is 4.00. The van der Waals surface area contributed by atoms with E-state index < -0.39 is 0 Å². The molecule has 0 saturated carbocycles. The Labute approximate surface area is 117 Å². The summed E-state index contributed by atoms with van der Waals surface area (Å²) in [7, 11) is 0. The molecular formula is C15H17N3O2. The maximum absolute atomic E-state index is 11.5. The van der Waals surface area contributed by atoms with E-state index in [1.165, 1.54) is 0 Å². The highest BCUT2D eigenvalue weighted by molar-refractivity contribution is 5.93. The zero-order valence-electron chi connectivity index (χ0n) is 11.5. The highest BCUT2D eigenvalue weighted by atomic mass is 16.2. The average Bonchev–Trinajstić information content (AvgIpc) is 2.74. The summed E-state index contributed by atoms with van der Waals surface area (Å²) in [5, 5.41) is 0. The molecule has 0 bridgehead atoms. The number of benzene rings is 1. The van der Waals surface area contributed by atoms with E-state index in [9.17, 15) is 9.59 Å². The van der Waals surface area contributed by atoms with Crippen molar-refractivity contribution in [3.63, 3.8) is 0 Å². The van der Waals surface area contributed by atoms with Gasteiger partial charge in [0.05, 0.1) is 0 Å². The molecular weight excluding hydrogens is 254 g/mol. The Morgan fingerprint density at radius 3 is 2.70 bits per heavy atom. The first-order valence-corrected chi connectivity index (χ1v) is 6.28. The number of rotatable bonds is 4. The summed E-state index contributed by atoms with van der Waals surface area (Å²) in [6.07, 6.45) is 0.858. The molecule has 0 atom stereocenters. The number of aromatic nitrogens is 1. The summed E-state index contributed by atoms with van der Waals surface area (Å²) in [4.78, 5) is 22.5. The van der Waals surface area contributed by atoms with Crippen LogP contribution in [0.3, 0.4) is 0 Å². The van der Waals surface area contributed by atoms with E-state index in [4.69, 9.17) is 5.84 Å². The van der Waals surface area contributed by atoms with E-state index in [2.05, 4.69) is 5.43 Å². The van der Waals surface area contributed by atoms with Gasteiger partial charge in [0.1, 0.15) is 0 Å². The van der Waals surface area contributed by atoms with Crippen molar-refractivity contribution >= 4 is 12.2 Å². The minimum atomic E-state index is -0.318. The molecule has 2 rings (SSSR count). The molecule has 0 aliphatic rings. The molecule has 0 unspecified atom stereocenters. The topological polar surface area (TPSA) is 77.1 Å². The molecule has 1 amide bonds. The lowest BCUT2D eigenvalue weighted by Crippen LogP contribution is -2.30. The molecule has 0 aliphatic heterocycles. The van der Waals surface area contributed by atoms with Crippen LogP contribution in [-0.4, -0.2) is 16.8 Å². The van der Waals surface area contributed by atoms with Gasteiger partial charge < -0.3 is 4.57 Å². The second-order valence-electron chi connectivity index (χ2n) is 4.70. The summed E-state index contributed by atoms with van der Waals surface area (Å²) in [6.45, 7) is 4.47. The first-order chi connectivity index (χ1) is 9.56. The van der Waals surface area contributed by atoms with E-state index in [0.717, 1.165) is 23.2 Å². The second-order valence-corrected chi connectivity index (χ2v) is 4.70. The molecule has 104 valence electrons. The predicted molar refractivity (Wildman–Crippen MR) is 76.5 cm³/mol. The lowest BCUT2D eigenvalue weighted by Gasteiger charge is -2.10. The number of nitrogens with zero attached hydrogens (tertiary/aromatic N) is 1. The number of nitrogen functional groups attached to an aromatic ring is 1. The van der Waals surface area contributed by atoms with Gasteiger partial charge in [-0.15, -0.1) is 0 Å². The van der Waals surface area contributed by atoms with E-state index in [1.807, 2.05) is 36.6 Å². The van der Waals surface area contributed by atoms with Crippen molar-refractivity contribution in [3.05, 3.63) is 58.4 Å². The molecule has 5 nitrogen and oxygen atoms in total. The highest BCUT2D eigenvalue weighted by Gasteiger charge is 2.10. The van der Waals surface area contributed by atoms with Crippen LogP contribution in [0.25, 0.3) is 0 Å². The number of aldehydes is 1. The number of hydrogen-bond acceptors (Lipinski definition) is 3. The van der Waals surface area contributed by atoms with Crippen molar-refractivity contribution in [2.75, 3.05) is 0 Å². The van der Waals surface area contributed by atoms with Gasteiger partial charge in [0.25, 0.3) is 5.91 Å². The summed E-state index contributed by atoms with van der Waals surface area (Å²) in [6, 6.07) is 9.11. The van der Waals surface area contributed by atoms with Crippen LogP contribution in [0.5, 0.6) is 0 Å². The first kappa shape index (κ1) is 14.0. The zero-order valence-corrected chi connectivity index (χ0v) is 11.5. The molecule has 1 aromatic heterocycles. The quantitative estimate of drug-likeness (QED) is 0.383. The van der Waals surface area contributed by atoms with Gasteiger partial charge in [0.15, 0.2) is 6.29 Å². The van der Waals surface area contributed by atoms with Gasteiger partial charge in [-0.25, -0.2) is 5.84 Å². The normalized spacial score (nSPS) is 10.3. The van der Waals surface area contributed by atoms with Crippen LogP contribution in [0.1, 0.15) is 37.7 Å². The zero-order chi connectivity index (χ0) is 14.7. The van der Waals surface area contributed by atoms with Gasteiger partial charge in [0.2, 0.25) is 0 Å². The molecule has 5 heteroatoms. The minimum Gasteiger partial charge on any atom is -0.344 e. The predicted octanol–water partition coefficient (Wildman–Crippen LogP) is 1.57. The van der Waals surface area contributed by atoms with Crippen LogP contribution in [-0.2, 0) is 6.54 Å². The minimum absolute atomic E-state index is 0.318. The van der Waals surface area contributed by atoms with E-state index >= 15 is 0 Å². The van der Waals surface area contributed by atoms with Gasteiger partial charge >= 0.3 is 0 Å². The maximum Gasteiger partial charge on any atom is 0.265 e. The Balaban J connectivity index is 2.33. The largest absolute Gasteiger partial charge is 0.344 e. The Hall–Kier alpha value is -2.40. The molecule has 3 N–H and O–H groups in total. The Morgan fingerprint density at radius 1 is 1.35 bits per heavy atom. The van der Waals surface area contributed by atoms with Crippen molar-refractivity contribution in [1.82, 2.24) is 9.99 Å². The van der Waals surface area contributed by atoms with Crippen LogP contribution in [0.2, 0.25) is 0 Å². The molecule has 0 saturated heterocycles. The summed E-state index contributed by atoms with van der Waals surface area (Å²) >= 11 is 0. The fourth-order valence-corrected chi connectivity index (χ4v) is 2.27. The van der Waals surface area contributed by atoms with Crippen LogP contribution in [0, 0.1) is 13.8 Å². The number of aryl methyl sites for hydroxylation is 1. The fraction of sp³-hybridized carbons (Fsp3) is 0.200. The molecule has 0 radical (unpaired) electrons. The summed E-state index contributed by atoms with van der Waals surface area (Å²) in [5.41, 5.74) is 6.24. The molecule has 0 fully saturated rings. The summed E-state index contributed by atoms with van der Waals surface area (Å²) < 4.78 is 2.04. The van der Waals surface area contributed by atoms with Gasteiger partial charge in [-0.2, -0.15) is 0 Å². The molecule has 2 aromatic rings. The molecule has 0 aliphatic carbocycles. The van der Waals surface area contributed by atoms with Gasteiger partial charge in [0, 0.05) is 29.1 Å². The first-order valence-electron chi connectivity index (χ1n) is 6.28. The number of hydrazine groups is 1. The van der Waals surface area contributed by atoms with E-state index in [-0.39, 0.29) is 5.91 Å². The number of hydrogen-bond donors (Lipinski definition) is 2. The monoisotopic (exact) mass is 271 g/mol. The number of nitrogens with two attached hydrogens (primary N) is 1. The third kappa shape index (κ3) is 2.62. The highest BCUT2D eigenvalue weighted by Crippen LogP contribution is 2.16. The SMILES string of the molecule is Cc1cc(C=O)c(C)n1Cc1cccc(C(=O)NN)c1. The Bertz CT molecular complexity index is 659. The average molecular weight is 271 g/mol. The fourth-order valence-electron chi connectivity index (χ4n) is 2.27. The molecule has 1 heterocycles.